The van der Waals surface area contributed by atoms with Crippen molar-refractivity contribution >= 4 is 11.8 Å². The Morgan fingerprint density at radius 1 is 1.38 bits per heavy atom. The highest BCUT2D eigenvalue weighted by Crippen LogP contribution is 2.26. The fourth-order valence-corrected chi connectivity index (χ4v) is 2.71. The summed E-state index contributed by atoms with van der Waals surface area (Å²) in [5, 5.41) is 21.5. The number of carboxylic acids is 1. The second-order valence-electron chi connectivity index (χ2n) is 5.83. The summed E-state index contributed by atoms with van der Waals surface area (Å²) in [6, 6.07) is 5.97. The van der Waals surface area contributed by atoms with Gasteiger partial charge in [0.15, 0.2) is 0 Å². The Labute approximate surface area is 147 Å². The smallest absolute Gasteiger partial charge is 0.475 e. The van der Waals surface area contributed by atoms with Crippen LogP contribution in [0.5, 0.6) is 0 Å². The summed E-state index contributed by atoms with van der Waals surface area (Å²) >= 11 is 0. The van der Waals surface area contributed by atoms with E-state index in [1.54, 1.807) is 10.9 Å². The number of aromatic nitrogens is 3. The molecule has 26 heavy (non-hydrogen) atoms. The maximum atomic E-state index is 10.6. The van der Waals surface area contributed by atoms with Crippen LogP contribution in [0.1, 0.15) is 12.0 Å². The van der Waals surface area contributed by atoms with Crippen molar-refractivity contribution in [2.24, 2.45) is 7.05 Å². The van der Waals surface area contributed by atoms with E-state index >= 15 is 0 Å². The van der Waals surface area contributed by atoms with Crippen molar-refractivity contribution in [2.45, 2.75) is 31.2 Å². The van der Waals surface area contributed by atoms with E-state index < -0.39 is 12.1 Å². The molecule has 0 unspecified atom stereocenters. The third-order valence-corrected chi connectivity index (χ3v) is 3.90. The van der Waals surface area contributed by atoms with Gasteiger partial charge in [-0.25, -0.2) is 9.78 Å². The summed E-state index contributed by atoms with van der Waals surface area (Å²) in [7, 11) is 1.91. The number of alkyl halides is 3. The van der Waals surface area contributed by atoms with Gasteiger partial charge in [0, 0.05) is 26.0 Å². The molecule has 3 heterocycles. The molecule has 0 aliphatic carbocycles. The number of rotatable bonds is 3. The van der Waals surface area contributed by atoms with Gasteiger partial charge in [-0.1, -0.05) is 6.07 Å². The van der Waals surface area contributed by atoms with Crippen LogP contribution in [0.25, 0.3) is 0 Å². The Bertz CT molecular complexity index is 721. The molecule has 1 aliphatic heterocycles. The average molecular weight is 372 g/mol. The quantitative estimate of drug-likeness (QED) is 0.851. The molecule has 0 bridgehead atoms. The topological polar surface area (TPSA) is 91.5 Å². The van der Waals surface area contributed by atoms with E-state index in [0.29, 0.717) is 0 Å². The molecule has 0 amide bonds. The van der Waals surface area contributed by atoms with Crippen molar-refractivity contribution in [3.05, 3.63) is 42.4 Å². The lowest BCUT2D eigenvalue weighted by Crippen LogP contribution is -2.37. The number of anilines is 1. The van der Waals surface area contributed by atoms with Crippen molar-refractivity contribution in [1.29, 1.82) is 0 Å². The Morgan fingerprint density at radius 3 is 2.58 bits per heavy atom. The number of nitrogens with zero attached hydrogens (tertiary/aromatic N) is 4. The molecule has 1 aliphatic rings. The molecule has 0 spiro atoms. The van der Waals surface area contributed by atoms with Crippen LogP contribution >= 0.6 is 0 Å². The number of aryl methyl sites for hydroxylation is 1. The number of hydrogen-bond donors (Lipinski definition) is 2. The monoisotopic (exact) mass is 372 g/mol. The molecular weight excluding hydrogens is 353 g/mol. The average Bonchev–Trinajstić information content (AvgIpc) is 3.15. The van der Waals surface area contributed by atoms with Crippen molar-refractivity contribution in [3.8, 4) is 0 Å². The maximum absolute atomic E-state index is 10.6. The largest absolute Gasteiger partial charge is 0.490 e. The van der Waals surface area contributed by atoms with Gasteiger partial charge in [-0.3, -0.25) is 4.68 Å². The fraction of sp³-hybridized carbons (Fsp3) is 0.438. The maximum Gasteiger partial charge on any atom is 0.490 e. The van der Waals surface area contributed by atoms with Gasteiger partial charge in [0.2, 0.25) is 0 Å². The van der Waals surface area contributed by atoms with Crippen molar-refractivity contribution in [1.82, 2.24) is 14.8 Å². The van der Waals surface area contributed by atoms with Gasteiger partial charge < -0.3 is 15.1 Å². The zero-order chi connectivity index (χ0) is 19.3. The predicted octanol–water partition coefficient (Wildman–Crippen LogP) is 1.63. The lowest BCUT2D eigenvalue weighted by molar-refractivity contribution is -0.192. The molecule has 7 nitrogen and oxygen atoms in total. The number of aliphatic carboxylic acids is 1. The second kappa shape index (κ2) is 8.17. The van der Waals surface area contributed by atoms with Crippen molar-refractivity contribution in [2.75, 3.05) is 11.4 Å². The molecule has 0 aromatic carbocycles. The van der Waals surface area contributed by atoms with Crippen molar-refractivity contribution < 1.29 is 28.2 Å². The zero-order valence-corrected chi connectivity index (χ0v) is 14.0. The van der Waals surface area contributed by atoms with E-state index in [9.17, 15) is 18.3 Å². The highest BCUT2D eigenvalue weighted by atomic mass is 19.4. The first-order valence-electron chi connectivity index (χ1n) is 7.82. The van der Waals surface area contributed by atoms with E-state index in [0.717, 1.165) is 30.8 Å². The Balaban J connectivity index is 0.000000298. The van der Waals surface area contributed by atoms with E-state index in [-0.39, 0.29) is 12.1 Å². The Morgan fingerprint density at radius 2 is 2.08 bits per heavy atom. The minimum atomic E-state index is -5.08. The van der Waals surface area contributed by atoms with Gasteiger partial charge in [-0.2, -0.15) is 18.3 Å². The Hall–Kier alpha value is -2.62. The summed E-state index contributed by atoms with van der Waals surface area (Å²) in [5.41, 5.74) is 1.15. The summed E-state index contributed by atoms with van der Waals surface area (Å²) < 4.78 is 33.5. The first-order chi connectivity index (χ1) is 12.2. The van der Waals surface area contributed by atoms with Gasteiger partial charge >= 0.3 is 12.1 Å². The first-order valence-corrected chi connectivity index (χ1v) is 7.82. The number of pyridine rings is 1. The van der Waals surface area contributed by atoms with E-state index in [4.69, 9.17) is 9.90 Å². The predicted molar refractivity (Wildman–Crippen MR) is 86.6 cm³/mol. The van der Waals surface area contributed by atoms with Crippen molar-refractivity contribution in [3.63, 3.8) is 0 Å². The minimum Gasteiger partial charge on any atom is -0.475 e. The summed E-state index contributed by atoms with van der Waals surface area (Å²) in [4.78, 5) is 15.5. The van der Waals surface area contributed by atoms with Gasteiger partial charge in [-0.05, 0) is 30.5 Å². The normalized spacial score (nSPS) is 19.8. The molecule has 2 aromatic rings. The number of halogens is 3. The standard InChI is InChI=1S/C14H18N4O.C2HF3O2/c1-17-10-11(9-16-17)8-12-13(19)5-7-18(12)14-4-2-3-6-15-14;3-2(4,5)1(6)7/h2-4,6,9-10,12-13,19H,5,7-8H2,1H3;(H,6,7)/t12-,13-;/m0./s1. The molecule has 2 aromatic heterocycles. The van der Waals surface area contributed by atoms with Gasteiger partial charge in [-0.15, -0.1) is 0 Å². The van der Waals surface area contributed by atoms with Crippen LogP contribution in [0.2, 0.25) is 0 Å². The highest BCUT2D eigenvalue weighted by molar-refractivity contribution is 5.73. The van der Waals surface area contributed by atoms with E-state index in [1.165, 1.54) is 0 Å². The minimum absolute atomic E-state index is 0.0825. The first kappa shape index (κ1) is 19.7. The van der Waals surface area contributed by atoms with Crippen LogP contribution in [0, 0.1) is 0 Å². The molecular formula is C16H19F3N4O3. The van der Waals surface area contributed by atoms with Crippen LogP contribution in [0.15, 0.2) is 36.8 Å². The molecule has 2 N–H and O–H groups in total. The number of carbonyl (C=O) groups is 1. The SMILES string of the molecule is Cn1cc(C[C@H]2[C@@H](O)CCN2c2ccccn2)cn1.O=C(O)C(F)(F)F. The number of carboxylic acid groups (broad SMARTS) is 1. The lowest BCUT2D eigenvalue weighted by Gasteiger charge is -2.26. The fourth-order valence-electron chi connectivity index (χ4n) is 2.71. The Kier molecular flexibility index (Phi) is 6.19. The van der Waals surface area contributed by atoms with Crippen LogP contribution in [-0.4, -0.2) is 55.8 Å². The van der Waals surface area contributed by atoms with Crippen LogP contribution in [0.3, 0.4) is 0 Å². The zero-order valence-electron chi connectivity index (χ0n) is 14.0. The summed E-state index contributed by atoms with van der Waals surface area (Å²) in [6.45, 7) is 0.850. The molecule has 1 fully saturated rings. The highest BCUT2D eigenvalue weighted by Gasteiger charge is 2.38. The molecule has 142 valence electrons. The third-order valence-electron chi connectivity index (χ3n) is 3.90. The molecule has 0 radical (unpaired) electrons. The van der Waals surface area contributed by atoms with E-state index in [1.807, 2.05) is 37.6 Å². The van der Waals surface area contributed by atoms with Gasteiger partial charge in [0.1, 0.15) is 5.82 Å². The molecule has 3 rings (SSSR count). The number of aliphatic hydroxyl groups is 1. The second-order valence-corrected chi connectivity index (χ2v) is 5.83. The number of hydrogen-bond acceptors (Lipinski definition) is 5. The molecule has 1 saturated heterocycles. The van der Waals surface area contributed by atoms with Crippen LogP contribution < -0.4 is 4.90 Å². The molecule has 10 heteroatoms. The third kappa shape index (κ3) is 5.19. The molecule has 2 atom stereocenters. The van der Waals surface area contributed by atoms with Gasteiger partial charge in [0.25, 0.3) is 0 Å². The summed E-state index contributed by atoms with van der Waals surface area (Å²) in [6.07, 6.45) is 1.86. The van der Waals surface area contributed by atoms with Crippen LogP contribution in [-0.2, 0) is 18.3 Å². The van der Waals surface area contributed by atoms with Gasteiger partial charge in [0.05, 0.1) is 18.3 Å². The molecule has 0 saturated carbocycles. The number of aliphatic hydroxyl groups excluding tert-OH is 1. The van der Waals surface area contributed by atoms with Crippen LogP contribution in [0.4, 0.5) is 19.0 Å². The summed E-state index contributed by atoms with van der Waals surface area (Å²) in [5.74, 6) is -1.82. The van der Waals surface area contributed by atoms with E-state index in [2.05, 4.69) is 15.0 Å². The lowest BCUT2D eigenvalue weighted by atomic mass is 10.0.